The number of benzene rings is 2. The molecule has 0 aliphatic carbocycles. The number of sulfonamides is 1. The van der Waals surface area contributed by atoms with Gasteiger partial charge in [-0.05, 0) is 38.1 Å². The highest BCUT2D eigenvalue weighted by atomic mass is 32.2. The molecule has 0 atom stereocenters. The maximum atomic E-state index is 12.8. The normalized spacial score (nSPS) is 11.4. The summed E-state index contributed by atoms with van der Waals surface area (Å²) in [4.78, 5) is 25.2. The lowest BCUT2D eigenvalue weighted by atomic mass is 10.2. The Morgan fingerprint density at radius 3 is 2.24 bits per heavy atom. The van der Waals surface area contributed by atoms with E-state index >= 15 is 0 Å². The monoisotopic (exact) mass is 414 g/mol. The summed E-state index contributed by atoms with van der Waals surface area (Å²) in [6.07, 6.45) is 0. The number of amides is 1. The fourth-order valence-electron chi connectivity index (χ4n) is 2.86. The molecule has 9 heteroatoms. The summed E-state index contributed by atoms with van der Waals surface area (Å²) < 4.78 is 29.9. The van der Waals surface area contributed by atoms with E-state index in [0.29, 0.717) is 11.4 Å². The third-order valence-electron chi connectivity index (χ3n) is 4.57. The van der Waals surface area contributed by atoms with E-state index in [1.807, 2.05) is 25.1 Å². The molecule has 0 bridgehead atoms. The number of hydrogen-bond acceptors (Lipinski definition) is 4. The Labute approximate surface area is 168 Å². The van der Waals surface area contributed by atoms with Gasteiger partial charge in [0.25, 0.3) is 5.56 Å². The molecule has 0 aliphatic heterocycles. The first-order valence-corrected chi connectivity index (χ1v) is 10.4. The zero-order valence-electron chi connectivity index (χ0n) is 16.3. The number of carbonyl (C=O) groups is 1. The van der Waals surface area contributed by atoms with Crippen molar-refractivity contribution >= 4 is 21.6 Å². The number of aryl methyl sites for hydroxylation is 1. The largest absolute Gasteiger partial charge is 0.319 e. The lowest BCUT2D eigenvalue weighted by molar-refractivity contribution is -0.115. The molecule has 0 saturated heterocycles. The van der Waals surface area contributed by atoms with Crippen LogP contribution in [-0.2, 0) is 21.9 Å². The predicted molar refractivity (Wildman–Crippen MR) is 111 cm³/mol. The average molecular weight is 414 g/mol. The molecule has 2 N–H and O–H groups in total. The molecule has 0 radical (unpaired) electrons. The minimum absolute atomic E-state index is 0.0678. The Morgan fingerprint density at radius 1 is 1.00 bits per heavy atom. The Bertz CT molecular complexity index is 1190. The SMILES string of the molecule is Cc1ccc(S(=O)(=O)NCC(=O)Nc2c(C)n(C)n(-c3ccccc3)c2=O)cc1. The highest BCUT2D eigenvalue weighted by Crippen LogP contribution is 2.14. The molecule has 1 amide bonds. The summed E-state index contributed by atoms with van der Waals surface area (Å²) in [5.41, 5.74) is 1.84. The molecule has 0 fully saturated rings. The standard InChI is InChI=1S/C20H22N4O4S/c1-14-9-11-17(12-10-14)29(27,28)21-13-18(25)22-19-15(2)23(3)24(20(19)26)16-7-5-4-6-8-16/h4-12,21H,13H2,1-3H3,(H,22,25). The molecular weight excluding hydrogens is 392 g/mol. The first-order chi connectivity index (χ1) is 13.7. The number of carbonyl (C=O) groups excluding carboxylic acids is 1. The molecule has 29 heavy (non-hydrogen) atoms. The van der Waals surface area contributed by atoms with Gasteiger partial charge in [0.05, 0.1) is 22.8 Å². The van der Waals surface area contributed by atoms with Gasteiger partial charge in [-0.25, -0.2) is 17.8 Å². The fraction of sp³-hybridized carbons (Fsp3) is 0.200. The van der Waals surface area contributed by atoms with Gasteiger partial charge in [0, 0.05) is 7.05 Å². The number of para-hydroxylation sites is 1. The minimum Gasteiger partial charge on any atom is -0.319 e. The van der Waals surface area contributed by atoms with Crippen molar-refractivity contribution in [3.05, 3.63) is 76.2 Å². The highest BCUT2D eigenvalue weighted by molar-refractivity contribution is 7.89. The van der Waals surface area contributed by atoms with Crippen molar-refractivity contribution in [2.45, 2.75) is 18.7 Å². The molecule has 3 aromatic rings. The van der Waals surface area contributed by atoms with Crippen LogP contribution < -0.4 is 15.6 Å². The molecule has 0 spiro atoms. The number of anilines is 1. The summed E-state index contributed by atoms with van der Waals surface area (Å²) >= 11 is 0. The second-order valence-electron chi connectivity index (χ2n) is 6.62. The second kappa shape index (κ2) is 8.06. The van der Waals surface area contributed by atoms with Crippen LogP contribution in [0.15, 0.2) is 64.3 Å². The third-order valence-corrected chi connectivity index (χ3v) is 5.99. The first kappa shape index (κ1) is 20.6. The smallest absolute Gasteiger partial charge is 0.295 e. The Hall–Kier alpha value is -3.17. The van der Waals surface area contributed by atoms with Crippen molar-refractivity contribution in [2.24, 2.45) is 7.05 Å². The lowest BCUT2D eigenvalue weighted by Crippen LogP contribution is -2.34. The van der Waals surface area contributed by atoms with Crippen LogP contribution in [0.25, 0.3) is 5.69 Å². The highest BCUT2D eigenvalue weighted by Gasteiger charge is 2.20. The van der Waals surface area contributed by atoms with Gasteiger partial charge < -0.3 is 5.32 Å². The first-order valence-electron chi connectivity index (χ1n) is 8.91. The van der Waals surface area contributed by atoms with Crippen LogP contribution in [0.5, 0.6) is 0 Å². The molecule has 8 nitrogen and oxygen atoms in total. The van der Waals surface area contributed by atoms with Crippen molar-refractivity contribution in [1.82, 2.24) is 14.1 Å². The average Bonchev–Trinajstić information content (AvgIpc) is 2.91. The van der Waals surface area contributed by atoms with E-state index in [2.05, 4.69) is 10.0 Å². The number of rotatable bonds is 6. The maximum Gasteiger partial charge on any atom is 0.295 e. The molecule has 2 aromatic carbocycles. The van der Waals surface area contributed by atoms with Crippen LogP contribution in [0.1, 0.15) is 11.3 Å². The molecule has 1 aromatic heterocycles. The summed E-state index contributed by atoms with van der Waals surface area (Å²) in [6.45, 7) is 3.06. The van der Waals surface area contributed by atoms with Gasteiger partial charge in [0.1, 0.15) is 5.69 Å². The number of aromatic nitrogens is 2. The Morgan fingerprint density at radius 2 is 1.62 bits per heavy atom. The van der Waals surface area contributed by atoms with E-state index in [1.165, 1.54) is 16.8 Å². The van der Waals surface area contributed by atoms with Crippen molar-refractivity contribution < 1.29 is 13.2 Å². The number of nitrogens with zero attached hydrogens (tertiary/aromatic N) is 2. The van der Waals surface area contributed by atoms with E-state index in [0.717, 1.165) is 5.56 Å². The van der Waals surface area contributed by atoms with E-state index in [4.69, 9.17) is 0 Å². The summed E-state index contributed by atoms with van der Waals surface area (Å²) in [5.74, 6) is -0.633. The Kier molecular flexibility index (Phi) is 5.71. The maximum absolute atomic E-state index is 12.8. The Balaban J connectivity index is 1.76. The van der Waals surface area contributed by atoms with Gasteiger partial charge in [-0.2, -0.15) is 0 Å². The fourth-order valence-corrected chi connectivity index (χ4v) is 3.84. The number of nitrogens with one attached hydrogen (secondary N) is 2. The molecule has 0 aliphatic rings. The van der Waals surface area contributed by atoms with Gasteiger partial charge in [0.2, 0.25) is 15.9 Å². The molecule has 0 saturated carbocycles. The van der Waals surface area contributed by atoms with Crippen LogP contribution in [0.4, 0.5) is 5.69 Å². The van der Waals surface area contributed by atoms with Crippen LogP contribution >= 0.6 is 0 Å². The summed E-state index contributed by atoms with van der Waals surface area (Å²) in [5, 5.41) is 2.52. The van der Waals surface area contributed by atoms with Crippen LogP contribution in [0, 0.1) is 13.8 Å². The van der Waals surface area contributed by atoms with Gasteiger partial charge in [-0.15, -0.1) is 0 Å². The number of hydrogen-bond donors (Lipinski definition) is 2. The van der Waals surface area contributed by atoms with Gasteiger partial charge in [-0.3, -0.25) is 14.3 Å². The van der Waals surface area contributed by atoms with Crippen LogP contribution in [0.2, 0.25) is 0 Å². The lowest BCUT2D eigenvalue weighted by Gasteiger charge is -2.08. The van der Waals surface area contributed by atoms with Gasteiger partial charge in [0.15, 0.2) is 0 Å². The minimum atomic E-state index is -3.83. The third kappa shape index (κ3) is 4.30. The quantitative estimate of drug-likeness (QED) is 0.641. The van der Waals surface area contributed by atoms with E-state index < -0.39 is 28.0 Å². The molecule has 152 valence electrons. The predicted octanol–water partition coefficient (Wildman–Crippen LogP) is 1.71. The van der Waals surface area contributed by atoms with Crippen molar-refractivity contribution in [1.29, 1.82) is 0 Å². The van der Waals surface area contributed by atoms with E-state index in [1.54, 1.807) is 42.9 Å². The van der Waals surface area contributed by atoms with Crippen molar-refractivity contribution in [2.75, 3.05) is 11.9 Å². The molecule has 3 rings (SSSR count). The topological polar surface area (TPSA) is 102 Å². The summed E-state index contributed by atoms with van der Waals surface area (Å²) in [6, 6.07) is 15.3. The van der Waals surface area contributed by atoms with Crippen LogP contribution in [0.3, 0.4) is 0 Å². The van der Waals surface area contributed by atoms with Crippen LogP contribution in [-0.4, -0.2) is 30.2 Å². The zero-order valence-corrected chi connectivity index (χ0v) is 17.2. The van der Waals surface area contributed by atoms with E-state index in [9.17, 15) is 18.0 Å². The van der Waals surface area contributed by atoms with Crippen molar-refractivity contribution in [3.63, 3.8) is 0 Å². The second-order valence-corrected chi connectivity index (χ2v) is 8.39. The van der Waals surface area contributed by atoms with Crippen molar-refractivity contribution in [3.8, 4) is 5.69 Å². The summed E-state index contributed by atoms with van der Waals surface area (Å²) in [7, 11) is -2.12. The van der Waals surface area contributed by atoms with Gasteiger partial charge >= 0.3 is 0 Å². The molecule has 0 unspecified atom stereocenters. The zero-order chi connectivity index (χ0) is 21.2. The molecular formula is C20H22N4O4S. The molecule has 1 heterocycles. The van der Waals surface area contributed by atoms with Gasteiger partial charge in [-0.1, -0.05) is 35.9 Å². The van der Waals surface area contributed by atoms with E-state index in [-0.39, 0.29) is 10.6 Å².